The summed E-state index contributed by atoms with van der Waals surface area (Å²) >= 11 is 0. The Morgan fingerprint density at radius 1 is 1.20 bits per heavy atom. The van der Waals surface area contributed by atoms with E-state index in [1.165, 1.54) is 0 Å². The maximum atomic E-state index is 12.3. The summed E-state index contributed by atoms with van der Waals surface area (Å²) in [5.74, 6) is 0.207. The van der Waals surface area contributed by atoms with Gasteiger partial charge < -0.3 is 15.0 Å². The van der Waals surface area contributed by atoms with Gasteiger partial charge in [0.05, 0.1) is 5.41 Å². The van der Waals surface area contributed by atoms with Crippen LogP contribution in [0.25, 0.3) is 0 Å². The van der Waals surface area contributed by atoms with Crippen molar-refractivity contribution in [2.24, 2.45) is 5.41 Å². The molecule has 0 radical (unpaired) electrons. The van der Waals surface area contributed by atoms with Crippen LogP contribution in [-0.2, 0) is 9.53 Å². The Bertz CT molecular complexity index is 441. The van der Waals surface area contributed by atoms with Crippen molar-refractivity contribution in [3.63, 3.8) is 0 Å². The number of nitrogens with one attached hydrogen (secondary N) is 1. The standard InChI is InChI=1S/C15H24N2O3/c1-13(2,3)20-12(19)17-8-6-14(7-9-17)10-15(4-5-15)16-11(14)18/h4-10H2,1-3H3,(H,16,18). The van der Waals surface area contributed by atoms with Crippen LogP contribution in [-0.4, -0.2) is 41.1 Å². The quantitative estimate of drug-likeness (QED) is 0.739. The molecular weight excluding hydrogens is 256 g/mol. The highest BCUT2D eigenvalue weighted by Gasteiger charge is 2.60. The molecule has 2 aliphatic heterocycles. The lowest BCUT2D eigenvalue weighted by molar-refractivity contribution is -0.130. The maximum Gasteiger partial charge on any atom is 0.410 e. The van der Waals surface area contributed by atoms with Gasteiger partial charge >= 0.3 is 6.09 Å². The molecule has 2 spiro atoms. The second-order valence-corrected chi connectivity index (χ2v) is 7.66. The third-order valence-corrected chi connectivity index (χ3v) is 4.76. The minimum absolute atomic E-state index is 0.116. The number of nitrogens with zero attached hydrogens (tertiary/aromatic N) is 1. The second-order valence-electron chi connectivity index (χ2n) is 7.66. The number of likely N-dealkylation sites (tertiary alicyclic amines) is 1. The minimum Gasteiger partial charge on any atom is -0.444 e. The average Bonchev–Trinajstić information content (AvgIpc) is 3.00. The fraction of sp³-hybridized carbons (Fsp3) is 0.867. The van der Waals surface area contributed by atoms with E-state index in [0.717, 1.165) is 32.1 Å². The fourth-order valence-electron chi connectivity index (χ4n) is 3.45. The largest absolute Gasteiger partial charge is 0.444 e. The zero-order chi connectivity index (χ0) is 14.6. The van der Waals surface area contributed by atoms with Crippen molar-refractivity contribution in [3.8, 4) is 0 Å². The normalized spacial score (nSPS) is 26.8. The van der Waals surface area contributed by atoms with Crippen LogP contribution >= 0.6 is 0 Å². The summed E-state index contributed by atoms with van der Waals surface area (Å²) < 4.78 is 5.39. The van der Waals surface area contributed by atoms with E-state index in [9.17, 15) is 9.59 Å². The first-order valence-electron chi connectivity index (χ1n) is 7.54. The van der Waals surface area contributed by atoms with Gasteiger partial charge in [0, 0.05) is 18.6 Å². The number of ether oxygens (including phenoxy) is 1. The van der Waals surface area contributed by atoms with Gasteiger partial charge in [-0.2, -0.15) is 0 Å². The van der Waals surface area contributed by atoms with E-state index in [1.807, 2.05) is 20.8 Å². The third kappa shape index (κ3) is 2.38. The van der Waals surface area contributed by atoms with E-state index >= 15 is 0 Å². The Morgan fingerprint density at radius 2 is 1.80 bits per heavy atom. The van der Waals surface area contributed by atoms with Crippen LogP contribution in [0.2, 0.25) is 0 Å². The number of amides is 2. The lowest BCUT2D eigenvalue weighted by atomic mass is 9.75. The van der Waals surface area contributed by atoms with Crippen molar-refractivity contribution >= 4 is 12.0 Å². The lowest BCUT2D eigenvalue weighted by Crippen LogP contribution is -2.47. The zero-order valence-corrected chi connectivity index (χ0v) is 12.6. The highest BCUT2D eigenvalue weighted by atomic mass is 16.6. The molecule has 3 fully saturated rings. The van der Waals surface area contributed by atoms with Crippen LogP contribution in [0, 0.1) is 5.41 Å². The predicted octanol–water partition coefficient (Wildman–Crippen LogP) is 2.06. The second kappa shape index (κ2) is 4.12. The molecular formula is C15H24N2O3. The minimum atomic E-state index is -0.463. The number of rotatable bonds is 0. The van der Waals surface area contributed by atoms with Crippen LogP contribution in [0.3, 0.4) is 0 Å². The van der Waals surface area contributed by atoms with Crippen molar-refractivity contribution in [2.75, 3.05) is 13.1 Å². The number of carbonyl (C=O) groups is 2. The summed E-state index contributed by atoms with van der Waals surface area (Å²) in [4.78, 5) is 26.0. The first-order valence-corrected chi connectivity index (χ1v) is 7.54. The van der Waals surface area contributed by atoms with Gasteiger partial charge in [0.15, 0.2) is 0 Å². The zero-order valence-electron chi connectivity index (χ0n) is 12.6. The van der Waals surface area contributed by atoms with E-state index in [4.69, 9.17) is 4.74 Å². The first-order chi connectivity index (χ1) is 9.24. The fourth-order valence-corrected chi connectivity index (χ4v) is 3.45. The topological polar surface area (TPSA) is 58.6 Å². The van der Waals surface area contributed by atoms with Crippen molar-refractivity contribution in [1.29, 1.82) is 0 Å². The molecule has 0 aromatic carbocycles. The van der Waals surface area contributed by atoms with Crippen LogP contribution in [0.5, 0.6) is 0 Å². The van der Waals surface area contributed by atoms with E-state index in [1.54, 1.807) is 4.90 Å². The number of carbonyl (C=O) groups excluding carboxylic acids is 2. The van der Waals surface area contributed by atoms with Crippen LogP contribution in [0.15, 0.2) is 0 Å². The summed E-state index contributed by atoms with van der Waals surface area (Å²) in [6.07, 6.45) is 4.47. The molecule has 0 bridgehead atoms. The molecule has 0 aromatic heterocycles. The van der Waals surface area contributed by atoms with Gasteiger partial charge in [0.25, 0.3) is 0 Å². The molecule has 5 heteroatoms. The molecule has 3 aliphatic rings. The molecule has 2 saturated heterocycles. The SMILES string of the molecule is CC(C)(C)OC(=O)N1CCC2(CC1)CC1(CC1)NC2=O. The van der Waals surface area contributed by atoms with Gasteiger partial charge in [-0.15, -0.1) is 0 Å². The van der Waals surface area contributed by atoms with Crippen molar-refractivity contribution in [3.05, 3.63) is 0 Å². The van der Waals surface area contributed by atoms with E-state index in [-0.39, 0.29) is 23.0 Å². The van der Waals surface area contributed by atoms with Gasteiger partial charge in [0.2, 0.25) is 5.91 Å². The lowest BCUT2D eigenvalue weighted by Gasteiger charge is -2.38. The van der Waals surface area contributed by atoms with Crippen LogP contribution < -0.4 is 5.32 Å². The van der Waals surface area contributed by atoms with Crippen molar-refractivity contribution in [2.45, 2.75) is 64.0 Å². The molecule has 0 atom stereocenters. The van der Waals surface area contributed by atoms with E-state index < -0.39 is 5.60 Å². The summed E-state index contributed by atoms with van der Waals surface area (Å²) in [6.45, 7) is 6.86. The molecule has 5 nitrogen and oxygen atoms in total. The molecule has 1 N–H and O–H groups in total. The molecule has 1 aliphatic carbocycles. The molecule has 2 heterocycles. The highest BCUT2D eigenvalue weighted by Crippen LogP contribution is 2.53. The van der Waals surface area contributed by atoms with Gasteiger partial charge in [0.1, 0.15) is 5.60 Å². The Balaban J connectivity index is 1.60. The van der Waals surface area contributed by atoms with Crippen LogP contribution in [0.1, 0.15) is 52.9 Å². The Hall–Kier alpha value is -1.26. The Labute approximate surface area is 120 Å². The maximum absolute atomic E-state index is 12.3. The smallest absolute Gasteiger partial charge is 0.410 e. The highest BCUT2D eigenvalue weighted by molar-refractivity contribution is 5.87. The molecule has 2 amide bonds. The average molecular weight is 280 g/mol. The van der Waals surface area contributed by atoms with Gasteiger partial charge in [-0.3, -0.25) is 4.79 Å². The monoisotopic (exact) mass is 280 g/mol. The molecule has 112 valence electrons. The summed E-state index contributed by atoms with van der Waals surface area (Å²) in [6, 6.07) is 0. The van der Waals surface area contributed by atoms with E-state index in [2.05, 4.69) is 5.32 Å². The molecule has 0 aromatic rings. The molecule has 20 heavy (non-hydrogen) atoms. The third-order valence-electron chi connectivity index (χ3n) is 4.76. The number of hydrogen-bond donors (Lipinski definition) is 1. The van der Waals surface area contributed by atoms with Gasteiger partial charge in [-0.25, -0.2) is 4.79 Å². The van der Waals surface area contributed by atoms with Crippen molar-refractivity contribution < 1.29 is 14.3 Å². The summed E-state index contributed by atoms with van der Waals surface area (Å²) in [7, 11) is 0. The summed E-state index contributed by atoms with van der Waals surface area (Å²) in [5.41, 5.74) is -0.574. The first kappa shape index (κ1) is 13.7. The number of hydrogen-bond acceptors (Lipinski definition) is 3. The number of piperidine rings is 1. The predicted molar refractivity (Wildman–Crippen MR) is 74.2 cm³/mol. The van der Waals surface area contributed by atoms with Crippen LogP contribution in [0.4, 0.5) is 4.79 Å². The summed E-state index contributed by atoms with van der Waals surface area (Å²) in [5, 5.41) is 3.17. The molecule has 1 saturated carbocycles. The van der Waals surface area contributed by atoms with Gasteiger partial charge in [-0.1, -0.05) is 0 Å². The molecule has 0 unspecified atom stereocenters. The van der Waals surface area contributed by atoms with Gasteiger partial charge in [-0.05, 0) is 52.9 Å². The Kier molecular flexibility index (Phi) is 2.82. The van der Waals surface area contributed by atoms with Crippen molar-refractivity contribution in [1.82, 2.24) is 10.2 Å². The van der Waals surface area contributed by atoms with E-state index in [0.29, 0.717) is 13.1 Å². The Morgan fingerprint density at radius 3 is 2.25 bits per heavy atom. The molecule has 3 rings (SSSR count).